The van der Waals surface area contributed by atoms with Gasteiger partial charge in [-0.05, 0) is 24.3 Å². The van der Waals surface area contributed by atoms with Crippen molar-refractivity contribution in [2.24, 2.45) is 0 Å². The number of anilines is 2. The number of amides is 2. The van der Waals surface area contributed by atoms with Crippen LogP contribution in [0, 0.1) is 0 Å². The van der Waals surface area contributed by atoms with Gasteiger partial charge >= 0.3 is 0 Å². The maximum Gasteiger partial charge on any atom is 0.267 e. The Labute approximate surface area is 156 Å². The van der Waals surface area contributed by atoms with E-state index >= 15 is 0 Å². The van der Waals surface area contributed by atoms with Crippen molar-refractivity contribution >= 4 is 23.3 Å². The molecule has 27 heavy (non-hydrogen) atoms. The Bertz CT molecular complexity index is 990. The summed E-state index contributed by atoms with van der Waals surface area (Å²) in [6, 6.07) is 22.4. The van der Waals surface area contributed by atoms with Crippen LogP contribution in [0.2, 0.25) is 0 Å². The predicted octanol–water partition coefficient (Wildman–Crippen LogP) is 3.21. The summed E-state index contributed by atoms with van der Waals surface area (Å²) in [5, 5.41) is 5.91. The van der Waals surface area contributed by atoms with E-state index in [-0.39, 0.29) is 11.8 Å². The van der Waals surface area contributed by atoms with Gasteiger partial charge in [-0.2, -0.15) is 0 Å². The Kier molecular flexibility index (Phi) is 4.30. The number of hydrogen-bond acceptors (Lipinski definition) is 4. The third-order valence-electron chi connectivity index (χ3n) is 4.47. The molecule has 6 heteroatoms. The van der Waals surface area contributed by atoms with Gasteiger partial charge in [-0.15, -0.1) is 0 Å². The molecule has 1 aliphatic heterocycles. The largest absolute Gasteiger partial charge is 0.341 e. The number of nitrogens with zero attached hydrogens (tertiary/aromatic N) is 2. The van der Waals surface area contributed by atoms with Crippen molar-refractivity contribution < 1.29 is 9.59 Å². The first-order valence-electron chi connectivity index (χ1n) is 8.59. The molecule has 1 unspecified atom stereocenters. The molecule has 2 heterocycles. The smallest absolute Gasteiger partial charge is 0.267 e. The third-order valence-corrected chi connectivity index (χ3v) is 4.47. The molecule has 3 aromatic rings. The van der Waals surface area contributed by atoms with Crippen LogP contribution in [-0.4, -0.2) is 34.9 Å². The zero-order valence-electron chi connectivity index (χ0n) is 14.7. The molecule has 1 atom stereocenters. The lowest BCUT2D eigenvalue weighted by molar-refractivity contribution is -0.119. The molecule has 0 fully saturated rings. The fourth-order valence-electron chi connectivity index (χ4n) is 3.02. The van der Waals surface area contributed by atoms with Gasteiger partial charge in [0.1, 0.15) is 5.82 Å². The predicted molar refractivity (Wildman–Crippen MR) is 104 cm³/mol. The van der Waals surface area contributed by atoms with Gasteiger partial charge in [0.05, 0.1) is 11.3 Å². The molecule has 0 saturated heterocycles. The van der Waals surface area contributed by atoms with Gasteiger partial charge in [0, 0.05) is 18.3 Å². The van der Waals surface area contributed by atoms with Crippen LogP contribution in [0.15, 0.2) is 72.8 Å². The number of pyridine rings is 1. The van der Waals surface area contributed by atoms with E-state index in [1.807, 2.05) is 54.6 Å². The van der Waals surface area contributed by atoms with E-state index in [1.165, 1.54) is 4.90 Å². The van der Waals surface area contributed by atoms with E-state index in [9.17, 15) is 9.59 Å². The highest BCUT2D eigenvalue weighted by Gasteiger charge is 2.35. The Morgan fingerprint density at radius 1 is 1.00 bits per heavy atom. The molecule has 2 amide bonds. The summed E-state index contributed by atoms with van der Waals surface area (Å²) in [6.45, 7) is 0. The minimum atomic E-state index is -0.844. The zero-order valence-corrected chi connectivity index (χ0v) is 14.7. The van der Waals surface area contributed by atoms with Crippen LogP contribution in [0.5, 0.6) is 0 Å². The molecule has 6 nitrogen and oxygen atoms in total. The lowest BCUT2D eigenvalue weighted by Gasteiger charge is -2.33. The first-order valence-corrected chi connectivity index (χ1v) is 8.59. The maximum atomic E-state index is 12.7. The minimum Gasteiger partial charge on any atom is -0.341 e. The number of rotatable bonds is 3. The number of aromatic nitrogens is 1. The van der Waals surface area contributed by atoms with E-state index in [0.29, 0.717) is 17.1 Å². The summed E-state index contributed by atoms with van der Waals surface area (Å²) < 4.78 is 0. The lowest BCUT2D eigenvalue weighted by atomic mass is 10.1. The normalized spacial score (nSPS) is 15.7. The number of fused-ring (bicyclic) bond motifs is 1. The van der Waals surface area contributed by atoms with Crippen molar-refractivity contribution in [3.63, 3.8) is 0 Å². The second-order valence-electron chi connectivity index (χ2n) is 6.28. The summed E-state index contributed by atoms with van der Waals surface area (Å²) in [7, 11) is 1.60. The van der Waals surface area contributed by atoms with Crippen molar-refractivity contribution in [3.05, 3.63) is 78.4 Å². The number of para-hydroxylation sites is 1. The van der Waals surface area contributed by atoms with Crippen molar-refractivity contribution in [1.29, 1.82) is 0 Å². The molecular formula is C21H18N4O2. The molecule has 4 rings (SSSR count). The number of nitrogens with one attached hydrogen (secondary N) is 2. The summed E-state index contributed by atoms with van der Waals surface area (Å²) in [6.07, 6.45) is -0.844. The zero-order chi connectivity index (χ0) is 18.8. The molecule has 0 aliphatic carbocycles. The van der Waals surface area contributed by atoms with E-state index < -0.39 is 6.17 Å². The number of carbonyl (C=O) groups is 2. The number of carbonyl (C=O) groups excluding carboxylic acids is 2. The van der Waals surface area contributed by atoms with Crippen molar-refractivity contribution in [1.82, 2.24) is 9.88 Å². The fraction of sp³-hybridized carbons (Fsp3) is 0.0952. The first-order chi connectivity index (χ1) is 13.1. The lowest BCUT2D eigenvalue weighted by Crippen LogP contribution is -2.53. The second kappa shape index (κ2) is 6.92. The van der Waals surface area contributed by atoms with E-state index in [4.69, 9.17) is 0 Å². The molecule has 2 aromatic carbocycles. The van der Waals surface area contributed by atoms with Crippen molar-refractivity contribution in [3.8, 4) is 11.3 Å². The average molecular weight is 358 g/mol. The molecule has 0 radical (unpaired) electrons. The highest BCUT2D eigenvalue weighted by atomic mass is 16.2. The summed E-state index contributed by atoms with van der Waals surface area (Å²) in [5.41, 5.74) is 2.79. The average Bonchev–Trinajstić information content (AvgIpc) is 2.71. The Hall–Kier alpha value is -3.67. The van der Waals surface area contributed by atoms with Gasteiger partial charge < -0.3 is 15.5 Å². The van der Waals surface area contributed by atoms with Gasteiger partial charge in [-0.25, -0.2) is 4.98 Å². The number of benzene rings is 2. The van der Waals surface area contributed by atoms with E-state index in [1.54, 1.807) is 25.2 Å². The Morgan fingerprint density at radius 3 is 2.37 bits per heavy atom. The SMILES string of the molecule is CN1C(=O)c2ccc(-c3ccccc3)nc2NC1C(=O)Nc1ccccc1. The molecule has 1 aromatic heterocycles. The number of likely N-dealkylation sites (N-methyl/N-ethyl adjacent to an activating group) is 1. The second-order valence-corrected chi connectivity index (χ2v) is 6.28. The monoisotopic (exact) mass is 358 g/mol. The molecule has 2 N–H and O–H groups in total. The highest BCUT2D eigenvalue weighted by Crippen LogP contribution is 2.27. The molecular weight excluding hydrogens is 340 g/mol. The van der Waals surface area contributed by atoms with Crippen LogP contribution in [0.3, 0.4) is 0 Å². The van der Waals surface area contributed by atoms with Gasteiger partial charge in [-0.1, -0.05) is 48.5 Å². The van der Waals surface area contributed by atoms with E-state index in [2.05, 4.69) is 15.6 Å². The van der Waals surface area contributed by atoms with Gasteiger partial charge in [-0.3, -0.25) is 9.59 Å². The quantitative estimate of drug-likeness (QED) is 0.754. The molecule has 134 valence electrons. The Balaban J connectivity index is 1.63. The molecule has 0 saturated carbocycles. The van der Waals surface area contributed by atoms with E-state index in [0.717, 1.165) is 11.3 Å². The third kappa shape index (κ3) is 3.25. The van der Waals surface area contributed by atoms with Gasteiger partial charge in [0.2, 0.25) is 0 Å². The van der Waals surface area contributed by atoms with Crippen LogP contribution in [-0.2, 0) is 4.79 Å². The summed E-state index contributed by atoms with van der Waals surface area (Å²) in [5.74, 6) is -0.161. The van der Waals surface area contributed by atoms with Gasteiger partial charge in [0.15, 0.2) is 6.17 Å². The molecule has 0 bridgehead atoms. The molecule has 0 spiro atoms. The van der Waals surface area contributed by atoms with Crippen molar-refractivity contribution in [2.45, 2.75) is 6.17 Å². The van der Waals surface area contributed by atoms with Gasteiger partial charge in [0.25, 0.3) is 11.8 Å². The first kappa shape index (κ1) is 16.8. The maximum absolute atomic E-state index is 12.7. The number of hydrogen-bond donors (Lipinski definition) is 2. The van der Waals surface area contributed by atoms with Crippen LogP contribution in [0.4, 0.5) is 11.5 Å². The summed E-state index contributed by atoms with van der Waals surface area (Å²) in [4.78, 5) is 31.3. The van der Waals surface area contributed by atoms with Crippen LogP contribution in [0.1, 0.15) is 10.4 Å². The molecule has 1 aliphatic rings. The topological polar surface area (TPSA) is 74.3 Å². The van der Waals surface area contributed by atoms with Crippen LogP contribution in [0.25, 0.3) is 11.3 Å². The fourth-order valence-corrected chi connectivity index (χ4v) is 3.02. The minimum absolute atomic E-state index is 0.246. The van der Waals surface area contributed by atoms with Crippen LogP contribution < -0.4 is 10.6 Å². The van der Waals surface area contributed by atoms with Crippen LogP contribution >= 0.6 is 0 Å². The Morgan fingerprint density at radius 2 is 1.67 bits per heavy atom. The van der Waals surface area contributed by atoms with Crippen molar-refractivity contribution in [2.75, 3.05) is 17.7 Å². The summed E-state index contributed by atoms with van der Waals surface area (Å²) >= 11 is 0. The highest BCUT2D eigenvalue weighted by molar-refractivity contribution is 6.07. The standard InChI is InChI=1S/C21H18N4O2/c1-25-19(20(26)22-15-10-6-3-7-11-15)24-18-16(21(25)27)12-13-17(23-18)14-8-4-2-5-9-14/h2-13,19H,1H3,(H,22,26)(H,23,24).